The number of carbonyl (C=O) groups is 1. The van der Waals surface area contributed by atoms with Crippen molar-refractivity contribution in [3.8, 4) is 11.5 Å². The molecule has 5 heteroatoms. The van der Waals surface area contributed by atoms with Gasteiger partial charge in [0.25, 0.3) is 5.24 Å². The molecule has 0 aliphatic heterocycles. The van der Waals surface area contributed by atoms with Crippen LogP contribution >= 0.6 is 27.5 Å². The molecule has 0 aromatic heterocycles. The van der Waals surface area contributed by atoms with E-state index in [0.717, 1.165) is 0 Å². The van der Waals surface area contributed by atoms with Gasteiger partial charge in [-0.25, -0.2) is 0 Å². The van der Waals surface area contributed by atoms with E-state index in [1.807, 2.05) is 0 Å². The molecule has 1 rings (SSSR count). The Morgan fingerprint density at radius 1 is 1.33 bits per heavy atom. The van der Waals surface area contributed by atoms with Crippen LogP contribution in [-0.2, 0) is 0 Å². The molecule has 0 fully saturated rings. The minimum Gasteiger partial charge on any atom is -0.507 e. The molecule has 1 aromatic rings. The zero-order valence-corrected chi connectivity index (χ0v) is 8.06. The van der Waals surface area contributed by atoms with Crippen molar-refractivity contribution < 1.29 is 15.0 Å². The Kier molecular flexibility index (Phi) is 2.59. The van der Waals surface area contributed by atoms with Gasteiger partial charge in [-0.1, -0.05) is 0 Å². The Morgan fingerprint density at radius 3 is 2.08 bits per heavy atom. The predicted octanol–water partition coefficient (Wildman–Crippen LogP) is 2.24. The van der Waals surface area contributed by atoms with Crippen molar-refractivity contribution in [2.24, 2.45) is 0 Å². The zero-order chi connectivity index (χ0) is 9.30. The van der Waals surface area contributed by atoms with Gasteiger partial charge in [-0.2, -0.15) is 0 Å². The third-order valence-corrected chi connectivity index (χ3v) is 2.29. The number of benzene rings is 1. The first-order chi connectivity index (χ1) is 5.52. The number of halogens is 2. The van der Waals surface area contributed by atoms with Crippen molar-refractivity contribution in [2.75, 3.05) is 0 Å². The van der Waals surface area contributed by atoms with Gasteiger partial charge in [0.15, 0.2) is 0 Å². The number of hydrogen-bond donors (Lipinski definition) is 2. The number of rotatable bonds is 1. The van der Waals surface area contributed by atoms with E-state index in [1.165, 1.54) is 12.1 Å². The molecule has 0 atom stereocenters. The molecule has 0 radical (unpaired) electrons. The lowest BCUT2D eigenvalue weighted by atomic mass is 10.2. The topological polar surface area (TPSA) is 57.5 Å². The van der Waals surface area contributed by atoms with E-state index in [1.54, 1.807) is 0 Å². The van der Waals surface area contributed by atoms with Gasteiger partial charge >= 0.3 is 0 Å². The third kappa shape index (κ3) is 1.70. The minimum atomic E-state index is -0.729. The second-order valence-corrected chi connectivity index (χ2v) is 3.24. The standard InChI is InChI=1S/C7H4BrClO3/c8-6-4(10)1-3(7(9)12)2-5(6)11/h1-2,10-11H. The molecule has 0 aliphatic rings. The summed E-state index contributed by atoms with van der Waals surface area (Å²) in [7, 11) is 0. The summed E-state index contributed by atoms with van der Waals surface area (Å²) in [6.45, 7) is 0. The summed E-state index contributed by atoms with van der Waals surface area (Å²) in [5, 5.41) is 17.5. The average molecular weight is 251 g/mol. The van der Waals surface area contributed by atoms with Crippen molar-refractivity contribution in [1.82, 2.24) is 0 Å². The van der Waals surface area contributed by atoms with Crippen LogP contribution in [-0.4, -0.2) is 15.5 Å². The molecule has 64 valence electrons. The summed E-state index contributed by atoms with van der Waals surface area (Å²) in [6, 6.07) is 2.33. The Labute approximate surface area is 81.7 Å². The van der Waals surface area contributed by atoms with Crippen LogP contribution in [0.3, 0.4) is 0 Å². The fraction of sp³-hybridized carbons (Fsp3) is 0. The fourth-order valence-corrected chi connectivity index (χ4v) is 1.05. The minimum absolute atomic E-state index is 0.0508. The number of hydrogen-bond acceptors (Lipinski definition) is 3. The quantitative estimate of drug-likeness (QED) is 0.753. The van der Waals surface area contributed by atoms with Crippen molar-refractivity contribution in [3.05, 3.63) is 22.2 Å². The van der Waals surface area contributed by atoms with Crippen LogP contribution < -0.4 is 0 Å². The Hall–Kier alpha value is -0.740. The molecule has 2 N–H and O–H groups in total. The maximum Gasteiger partial charge on any atom is 0.252 e. The summed E-state index contributed by atoms with van der Waals surface area (Å²) in [4.78, 5) is 10.6. The van der Waals surface area contributed by atoms with Crippen LogP contribution in [0.5, 0.6) is 11.5 Å². The maximum absolute atomic E-state index is 10.6. The lowest BCUT2D eigenvalue weighted by Crippen LogP contribution is -1.88. The van der Waals surface area contributed by atoms with Crippen molar-refractivity contribution in [1.29, 1.82) is 0 Å². The Balaban J connectivity index is 3.31. The van der Waals surface area contributed by atoms with Crippen molar-refractivity contribution >= 4 is 32.8 Å². The molecule has 3 nitrogen and oxygen atoms in total. The van der Waals surface area contributed by atoms with E-state index in [9.17, 15) is 4.79 Å². The molecule has 0 aliphatic carbocycles. The maximum atomic E-state index is 10.6. The monoisotopic (exact) mass is 250 g/mol. The molecule has 0 saturated heterocycles. The molecule has 0 spiro atoms. The highest BCUT2D eigenvalue weighted by Gasteiger charge is 2.10. The van der Waals surface area contributed by atoms with Crippen LogP contribution in [0.15, 0.2) is 16.6 Å². The van der Waals surface area contributed by atoms with Gasteiger partial charge < -0.3 is 10.2 Å². The van der Waals surface area contributed by atoms with E-state index in [4.69, 9.17) is 21.8 Å². The molecule has 0 unspecified atom stereocenters. The van der Waals surface area contributed by atoms with Crippen molar-refractivity contribution in [3.63, 3.8) is 0 Å². The average Bonchev–Trinajstić information content (AvgIpc) is 1.99. The number of phenols is 2. The first-order valence-electron chi connectivity index (χ1n) is 2.93. The second kappa shape index (κ2) is 3.33. The molecule has 1 aromatic carbocycles. The van der Waals surface area contributed by atoms with Gasteiger partial charge in [-0.3, -0.25) is 4.79 Å². The van der Waals surface area contributed by atoms with Gasteiger partial charge in [0.05, 0.1) is 0 Å². The van der Waals surface area contributed by atoms with Gasteiger partial charge in [0.1, 0.15) is 16.0 Å². The summed E-state index contributed by atoms with van der Waals surface area (Å²) < 4.78 is 0.143. The summed E-state index contributed by atoms with van der Waals surface area (Å²) in [6.07, 6.45) is 0. The lowest BCUT2D eigenvalue weighted by Gasteiger charge is -2.01. The molecule has 0 bridgehead atoms. The summed E-state index contributed by atoms with van der Waals surface area (Å²) >= 11 is 8.03. The van der Waals surface area contributed by atoms with Crippen LogP contribution in [0, 0.1) is 0 Å². The SMILES string of the molecule is O=C(Cl)c1cc(O)c(Br)c(O)c1. The highest BCUT2D eigenvalue weighted by Crippen LogP contribution is 2.34. The van der Waals surface area contributed by atoms with E-state index in [0.29, 0.717) is 0 Å². The van der Waals surface area contributed by atoms with Crippen LogP contribution in [0.4, 0.5) is 0 Å². The largest absolute Gasteiger partial charge is 0.507 e. The summed E-state index contributed by atoms with van der Waals surface area (Å²) in [5.74, 6) is -0.446. The molecule has 0 saturated carbocycles. The molecular formula is C7H4BrClO3. The molecule has 12 heavy (non-hydrogen) atoms. The van der Waals surface area contributed by atoms with Gasteiger partial charge in [0.2, 0.25) is 0 Å². The predicted molar refractivity (Wildman–Crippen MR) is 47.7 cm³/mol. The van der Waals surface area contributed by atoms with Gasteiger partial charge in [-0.05, 0) is 39.7 Å². The Morgan fingerprint density at radius 2 is 1.75 bits per heavy atom. The normalized spacial score (nSPS) is 9.83. The van der Waals surface area contributed by atoms with Gasteiger partial charge in [-0.15, -0.1) is 0 Å². The second-order valence-electron chi connectivity index (χ2n) is 2.10. The Bertz CT molecular complexity index is 314. The first kappa shape index (κ1) is 9.35. The molecular weight excluding hydrogens is 247 g/mol. The highest BCUT2D eigenvalue weighted by molar-refractivity contribution is 9.10. The zero-order valence-electron chi connectivity index (χ0n) is 5.71. The van der Waals surface area contributed by atoms with Crippen LogP contribution in [0.2, 0.25) is 0 Å². The lowest BCUT2D eigenvalue weighted by molar-refractivity contribution is 0.108. The van der Waals surface area contributed by atoms with E-state index in [-0.39, 0.29) is 21.5 Å². The van der Waals surface area contributed by atoms with E-state index in [2.05, 4.69) is 15.9 Å². The van der Waals surface area contributed by atoms with Gasteiger partial charge in [0, 0.05) is 5.56 Å². The summed E-state index contributed by atoms with van der Waals surface area (Å²) in [5.41, 5.74) is 0.0508. The van der Waals surface area contributed by atoms with E-state index >= 15 is 0 Å². The number of carbonyl (C=O) groups excluding carboxylic acids is 1. The van der Waals surface area contributed by atoms with Crippen LogP contribution in [0.1, 0.15) is 10.4 Å². The fourth-order valence-electron chi connectivity index (χ4n) is 0.708. The van der Waals surface area contributed by atoms with Crippen molar-refractivity contribution in [2.45, 2.75) is 0 Å². The molecule has 0 amide bonds. The number of phenolic OH excluding ortho intramolecular Hbond substituents is 2. The van der Waals surface area contributed by atoms with E-state index < -0.39 is 5.24 Å². The third-order valence-electron chi connectivity index (χ3n) is 1.26. The smallest absolute Gasteiger partial charge is 0.252 e. The highest BCUT2D eigenvalue weighted by atomic mass is 79.9. The van der Waals surface area contributed by atoms with Crippen LogP contribution in [0.25, 0.3) is 0 Å². The molecule has 0 heterocycles. The number of aromatic hydroxyl groups is 2. The first-order valence-corrected chi connectivity index (χ1v) is 4.10.